The van der Waals surface area contributed by atoms with E-state index in [-0.39, 0.29) is 0 Å². The van der Waals surface area contributed by atoms with Crippen molar-refractivity contribution in [1.82, 2.24) is 0 Å². The fraction of sp³-hybridized carbons (Fsp3) is 0.158. The third kappa shape index (κ3) is 2.04. The molecule has 0 saturated heterocycles. The lowest BCUT2D eigenvalue weighted by Crippen LogP contribution is -2.01. The molecular weight excluding hydrogens is 228 g/mol. The molecule has 0 aromatic heterocycles. The smallest absolute Gasteiger partial charge is 0.00244 e. The van der Waals surface area contributed by atoms with E-state index in [4.69, 9.17) is 0 Å². The van der Waals surface area contributed by atoms with Gasteiger partial charge in [-0.2, -0.15) is 0 Å². The maximum atomic E-state index is 4.14. The molecule has 0 bridgehead atoms. The molecule has 0 fully saturated rings. The summed E-state index contributed by atoms with van der Waals surface area (Å²) >= 11 is 0. The lowest BCUT2D eigenvalue weighted by atomic mass is 9.93. The van der Waals surface area contributed by atoms with Crippen molar-refractivity contribution in [2.24, 2.45) is 0 Å². The van der Waals surface area contributed by atoms with E-state index in [9.17, 15) is 0 Å². The molecule has 0 nitrogen and oxygen atoms in total. The van der Waals surface area contributed by atoms with Crippen LogP contribution in [0.1, 0.15) is 25.0 Å². The summed E-state index contributed by atoms with van der Waals surface area (Å²) in [6.07, 6.45) is 1.91. The summed E-state index contributed by atoms with van der Waals surface area (Å²) in [7, 11) is 0. The van der Waals surface area contributed by atoms with Crippen molar-refractivity contribution < 1.29 is 0 Å². The van der Waals surface area contributed by atoms with Crippen LogP contribution in [0.5, 0.6) is 0 Å². The Balaban J connectivity index is 0.000000637. The van der Waals surface area contributed by atoms with E-state index in [1.165, 1.54) is 32.7 Å². The Kier molecular flexibility index (Phi) is 3.71. The Bertz CT molecular complexity index is 779. The molecule has 0 atom stereocenters. The molecule has 0 amide bonds. The minimum atomic E-state index is 1.07. The molecule has 0 aliphatic heterocycles. The van der Waals surface area contributed by atoms with E-state index in [2.05, 4.69) is 56.5 Å². The topological polar surface area (TPSA) is 0 Å². The summed E-state index contributed by atoms with van der Waals surface area (Å²) in [6, 6.07) is 12.9. The molecule has 0 saturated carbocycles. The van der Waals surface area contributed by atoms with Gasteiger partial charge in [0.1, 0.15) is 0 Å². The summed E-state index contributed by atoms with van der Waals surface area (Å²) in [5, 5.41) is 6.21. The van der Waals surface area contributed by atoms with E-state index >= 15 is 0 Å². The Morgan fingerprint density at radius 1 is 0.895 bits per heavy atom. The van der Waals surface area contributed by atoms with Crippen molar-refractivity contribution in [2.45, 2.75) is 20.8 Å². The zero-order valence-corrected chi connectivity index (χ0v) is 12.0. The molecule has 0 heteroatoms. The van der Waals surface area contributed by atoms with E-state index in [1.807, 2.05) is 19.9 Å². The highest BCUT2D eigenvalue weighted by Crippen LogP contribution is 2.29. The van der Waals surface area contributed by atoms with Crippen LogP contribution in [0.4, 0.5) is 0 Å². The van der Waals surface area contributed by atoms with Gasteiger partial charge in [0.15, 0.2) is 0 Å². The first-order valence-corrected chi connectivity index (χ1v) is 6.78. The second-order valence-corrected chi connectivity index (χ2v) is 4.49. The second kappa shape index (κ2) is 5.27. The number of benzene rings is 3. The third-order valence-electron chi connectivity index (χ3n) is 3.47. The Morgan fingerprint density at radius 2 is 1.58 bits per heavy atom. The lowest BCUT2D eigenvalue weighted by molar-refractivity contribution is 1.50. The van der Waals surface area contributed by atoms with Crippen molar-refractivity contribution in [3.05, 3.63) is 59.3 Å². The van der Waals surface area contributed by atoms with Crippen LogP contribution < -0.4 is 5.22 Å². The van der Waals surface area contributed by atoms with Crippen LogP contribution >= 0.6 is 0 Å². The van der Waals surface area contributed by atoms with Crippen LogP contribution in [0.3, 0.4) is 0 Å². The zero-order chi connectivity index (χ0) is 14.0. The molecule has 3 aromatic carbocycles. The van der Waals surface area contributed by atoms with Gasteiger partial charge in [-0.1, -0.05) is 69.5 Å². The van der Waals surface area contributed by atoms with Crippen LogP contribution in [0.2, 0.25) is 0 Å². The molecule has 3 aromatic rings. The van der Waals surface area contributed by atoms with Crippen molar-refractivity contribution in [2.75, 3.05) is 0 Å². The largest absolute Gasteiger partial charge is 0.0984 e. The van der Waals surface area contributed by atoms with Gasteiger partial charge in [-0.05, 0) is 44.8 Å². The number of hydrogen-bond acceptors (Lipinski definition) is 0. The van der Waals surface area contributed by atoms with Gasteiger partial charge in [0.25, 0.3) is 0 Å². The SMILES string of the molecule is C=Cc1ccc2ccc(C)c3ccc(=C)c1c23.CC. The summed E-state index contributed by atoms with van der Waals surface area (Å²) in [5.74, 6) is 0. The molecule has 96 valence electrons. The van der Waals surface area contributed by atoms with Crippen molar-refractivity contribution in [3.63, 3.8) is 0 Å². The van der Waals surface area contributed by atoms with E-state index in [0.29, 0.717) is 0 Å². The molecule has 0 heterocycles. The van der Waals surface area contributed by atoms with Gasteiger partial charge in [0.05, 0.1) is 0 Å². The van der Waals surface area contributed by atoms with Crippen LogP contribution in [0, 0.1) is 6.92 Å². The third-order valence-corrected chi connectivity index (χ3v) is 3.47. The molecule has 3 rings (SSSR count). The highest BCUT2D eigenvalue weighted by molar-refractivity contribution is 6.13. The van der Waals surface area contributed by atoms with E-state index in [1.54, 1.807) is 0 Å². The summed E-state index contributed by atoms with van der Waals surface area (Å²) in [4.78, 5) is 0. The van der Waals surface area contributed by atoms with Crippen LogP contribution in [-0.2, 0) is 0 Å². The van der Waals surface area contributed by atoms with Gasteiger partial charge < -0.3 is 0 Å². The normalized spacial score (nSPS) is 10.3. The second-order valence-electron chi connectivity index (χ2n) is 4.49. The highest BCUT2D eigenvalue weighted by Gasteiger charge is 2.07. The number of hydrogen-bond donors (Lipinski definition) is 0. The summed E-state index contributed by atoms with van der Waals surface area (Å²) in [5.41, 5.74) is 2.47. The van der Waals surface area contributed by atoms with Gasteiger partial charge in [0, 0.05) is 0 Å². The molecular formula is C19H20. The summed E-state index contributed by atoms with van der Waals surface area (Å²) < 4.78 is 0. The Morgan fingerprint density at radius 3 is 2.26 bits per heavy atom. The fourth-order valence-electron chi connectivity index (χ4n) is 2.56. The monoisotopic (exact) mass is 248 g/mol. The van der Waals surface area contributed by atoms with Gasteiger partial charge in [-0.15, -0.1) is 0 Å². The van der Waals surface area contributed by atoms with Crippen LogP contribution in [-0.4, -0.2) is 0 Å². The molecule has 0 N–H and O–H groups in total. The molecule has 19 heavy (non-hydrogen) atoms. The van der Waals surface area contributed by atoms with Gasteiger partial charge in [-0.25, -0.2) is 0 Å². The predicted octanol–water partition coefficient (Wildman–Crippen LogP) is 5.10. The quantitative estimate of drug-likeness (QED) is 0.562. The fourth-order valence-corrected chi connectivity index (χ4v) is 2.56. The number of aryl methyl sites for hydroxylation is 1. The minimum absolute atomic E-state index is 1.07. The zero-order valence-electron chi connectivity index (χ0n) is 12.0. The standard InChI is InChI=1S/C17H14.C2H6/c1-4-13-8-9-14-7-5-11(2)15-10-6-12(3)16(13)17(14)15;1-2/h4-10H,1,3H2,2H3;1-2H3. The van der Waals surface area contributed by atoms with Gasteiger partial charge in [0.2, 0.25) is 0 Å². The van der Waals surface area contributed by atoms with Gasteiger partial charge >= 0.3 is 0 Å². The minimum Gasteiger partial charge on any atom is -0.0984 e. The molecule has 0 spiro atoms. The molecule has 0 radical (unpaired) electrons. The van der Waals surface area contributed by atoms with Crippen LogP contribution in [0.25, 0.3) is 34.2 Å². The average molecular weight is 248 g/mol. The van der Waals surface area contributed by atoms with Crippen LogP contribution in [0.15, 0.2) is 43.0 Å². The van der Waals surface area contributed by atoms with Crippen molar-refractivity contribution in [1.29, 1.82) is 0 Å². The summed E-state index contributed by atoms with van der Waals surface area (Å²) in [6.45, 7) is 14.2. The first-order chi connectivity index (χ1) is 9.22. The predicted molar refractivity (Wildman–Crippen MR) is 88.4 cm³/mol. The number of rotatable bonds is 1. The van der Waals surface area contributed by atoms with Crippen molar-refractivity contribution >= 4 is 34.2 Å². The van der Waals surface area contributed by atoms with E-state index in [0.717, 1.165) is 5.22 Å². The molecule has 0 unspecified atom stereocenters. The first kappa shape index (κ1) is 13.4. The molecule has 0 aliphatic carbocycles. The Hall–Kier alpha value is -2.08. The Labute approximate surface area is 115 Å². The first-order valence-electron chi connectivity index (χ1n) is 6.78. The lowest BCUT2D eigenvalue weighted by Gasteiger charge is -2.10. The molecule has 0 aliphatic rings. The van der Waals surface area contributed by atoms with E-state index < -0.39 is 0 Å². The maximum Gasteiger partial charge on any atom is -0.00244 e. The average Bonchev–Trinajstić information content (AvgIpc) is 2.46. The van der Waals surface area contributed by atoms with Gasteiger partial charge in [-0.3, -0.25) is 0 Å². The van der Waals surface area contributed by atoms with Crippen molar-refractivity contribution in [3.8, 4) is 0 Å². The highest BCUT2D eigenvalue weighted by atomic mass is 14.1. The maximum absolute atomic E-state index is 4.14.